The van der Waals surface area contributed by atoms with E-state index < -0.39 is 0 Å². The zero-order chi connectivity index (χ0) is 15.1. The largest absolute Gasteiger partial charge is 0.336 e. The number of hydrogen-bond donors (Lipinski definition) is 0. The van der Waals surface area contributed by atoms with E-state index in [1.807, 2.05) is 9.58 Å². The van der Waals surface area contributed by atoms with Crippen LogP contribution in [-0.4, -0.2) is 38.9 Å². The quantitative estimate of drug-likeness (QED) is 0.875. The minimum absolute atomic E-state index is 0.0571. The molecule has 1 unspecified atom stereocenters. The zero-order valence-corrected chi connectivity index (χ0v) is 12.9. The Bertz CT molecular complexity index is 692. The standard InChI is InChI=1S/C16H17ClN4O/c17-13-5-3-12(4-6-13)16(22)20-8-7-14(9-20)21-10-15(18-19-21)11-1-2-11/h3-6,10-11,14H,1-2,7-9H2. The van der Waals surface area contributed by atoms with Gasteiger partial charge in [-0.3, -0.25) is 4.79 Å². The summed E-state index contributed by atoms with van der Waals surface area (Å²) in [5, 5.41) is 9.15. The van der Waals surface area contributed by atoms with Gasteiger partial charge in [0.2, 0.25) is 0 Å². The SMILES string of the molecule is O=C(c1ccc(Cl)cc1)N1CCC(n2cc(C3CC3)nn2)C1. The summed E-state index contributed by atoms with van der Waals surface area (Å²) in [5.74, 6) is 0.670. The lowest BCUT2D eigenvalue weighted by Gasteiger charge is -2.16. The number of halogens is 1. The van der Waals surface area contributed by atoms with Gasteiger partial charge < -0.3 is 4.90 Å². The van der Waals surface area contributed by atoms with E-state index in [4.69, 9.17) is 11.6 Å². The maximum atomic E-state index is 12.5. The van der Waals surface area contributed by atoms with Crippen molar-refractivity contribution in [1.82, 2.24) is 19.9 Å². The second-order valence-corrected chi connectivity index (χ2v) is 6.53. The Labute approximate surface area is 133 Å². The molecule has 0 N–H and O–H groups in total. The molecule has 5 nitrogen and oxygen atoms in total. The predicted octanol–water partition coefficient (Wildman–Crippen LogP) is 2.90. The van der Waals surface area contributed by atoms with Crippen molar-refractivity contribution in [3.63, 3.8) is 0 Å². The molecule has 2 aromatic rings. The van der Waals surface area contributed by atoms with E-state index in [1.54, 1.807) is 24.3 Å². The fourth-order valence-corrected chi connectivity index (χ4v) is 3.08. The second kappa shape index (κ2) is 5.39. The minimum Gasteiger partial charge on any atom is -0.336 e. The third-order valence-corrected chi connectivity index (χ3v) is 4.69. The highest BCUT2D eigenvalue weighted by molar-refractivity contribution is 6.30. The summed E-state index contributed by atoms with van der Waals surface area (Å²) >= 11 is 5.87. The van der Waals surface area contributed by atoms with Crippen LogP contribution in [0.2, 0.25) is 5.02 Å². The van der Waals surface area contributed by atoms with Crippen molar-refractivity contribution in [3.05, 3.63) is 46.7 Å². The van der Waals surface area contributed by atoms with Gasteiger partial charge in [0.05, 0.1) is 11.7 Å². The first-order valence-corrected chi connectivity index (χ1v) is 8.05. The van der Waals surface area contributed by atoms with Gasteiger partial charge in [-0.15, -0.1) is 5.10 Å². The Morgan fingerprint density at radius 1 is 1.18 bits per heavy atom. The van der Waals surface area contributed by atoms with Crippen molar-refractivity contribution < 1.29 is 4.79 Å². The second-order valence-electron chi connectivity index (χ2n) is 6.10. The van der Waals surface area contributed by atoms with Gasteiger partial charge in [0.25, 0.3) is 5.91 Å². The normalized spacial score (nSPS) is 21.3. The monoisotopic (exact) mass is 316 g/mol. The van der Waals surface area contributed by atoms with Crippen LogP contribution in [0.3, 0.4) is 0 Å². The van der Waals surface area contributed by atoms with Gasteiger partial charge in [0, 0.05) is 35.8 Å². The molecule has 1 aromatic carbocycles. The summed E-state index contributed by atoms with van der Waals surface area (Å²) in [4.78, 5) is 14.4. The number of amides is 1. The van der Waals surface area contributed by atoms with Gasteiger partial charge in [-0.25, -0.2) is 4.68 Å². The van der Waals surface area contributed by atoms with E-state index >= 15 is 0 Å². The van der Waals surface area contributed by atoms with E-state index in [0.717, 1.165) is 18.7 Å². The Morgan fingerprint density at radius 3 is 2.68 bits per heavy atom. The molecular formula is C16H17ClN4O. The van der Waals surface area contributed by atoms with Crippen LogP contribution in [0.1, 0.15) is 47.3 Å². The number of benzene rings is 1. The highest BCUT2D eigenvalue weighted by atomic mass is 35.5. The lowest BCUT2D eigenvalue weighted by Crippen LogP contribution is -2.29. The maximum Gasteiger partial charge on any atom is 0.253 e. The average Bonchev–Trinajstić information content (AvgIpc) is 3.07. The van der Waals surface area contributed by atoms with E-state index in [9.17, 15) is 4.79 Å². The van der Waals surface area contributed by atoms with E-state index in [2.05, 4.69) is 16.5 Å². The molecule has 1 aromatic heterocycles. The Hall–Kier alpha value is -1.88. The molecule has 2 fully saturated rings. The summed E-state index contributed by atoms with van der Waals surface area (Å²) in [6.45, 7) is 1.44. The number of rotatable bonds is 3. The molecule has 1 saturated carbocycles. The zero-order valence-electron chi connectivity index (χ0n) is 12.2. The van der Waals surface area contributed by atoms with Gasteiger partial charge in [0.15, 0.2) is 0 Å². The molecule has 0 bridgehead atoms. The highest BCUT2D eigenvalue weighted by Crippen LogP contribution is 2.39. The van der Waals surface area contributed by atoms with E-state index in [0.29, 0.717) is 23.0 Å². The smallest absolute Gasteiger partial charge is 0.253 e. The van der Waals surface area contributed by atoms with E-state index in [1.165, 1.54) is 12.8 Å². The van der Waals surface area contributed by atoms with Crippen LogP contribution >= 0.6 is 11.6 Å². The van der Waals surface area contributed by atoms with Gasteiger partial charge in [-0.05, 0) is 43.5 Å². The third kappa shape index (κ3) is 2.61. The summed E-state index contributed by atoms with van der Waals surface area (Å²) in [6.07, 6.45) is 5.43. The topological polar surface area (TPSA) is 51.0 Å². The molecule has 0 radical (unpaired) electrons. The number of carbonyl (C=O) groups excluding carboxylic acids is 1. The summed E-state index contributed by atoms with van der Waals surface area (Å²) < 4.78 is 1.93. The Morgan fingerprint density at radius 2 is 1.95 bits per heavy atom. The van der Waals surface area contributed by atoms with Gasteiger partial charge in [0.1, 0.15) is 0 Å². The average molecular weight is 317 g/mol. The third-order valence-electron chi connectivity index (χ3n) is 4.44. The van der Waals surface area contributed by atoms with Crippen molar-refractivity contribution in [2.75, 3.05) is 13.1 Å². The van der Waals surface area contributed by atoms with Crippen molar-refractivity contribution in [2.24, 2.45) is 0 Å². The van der Waals surface area contributed by atoms with Crippen LogP contribution in [0, 0.1) is 0 Å². The van der Waals surface area contributed by atoms with Crippen LogP contribution < -0.4 is 0 Å². The number of aromatic nitrogens is 3. The summed E-state index contributed by atoms with van der Waals surface area (Å²) in [5.41, 5.74) is 1.78. The van der Waals surface area contributed by atoms with Crippen molar-refractivity contribution >= 4 is 17.5 Å². The molecule has 1 aliphatic carbocycles. The van der Waals surface area contributed by atoms with Crippen LogP contribution in [0.5, 0.6) is 0 Å². The lowest BCUT2D eigenvalue weighted by molar-refractivity contribution is 0.0787. The van der Waals surface area contributed by atoms with Gasteiger partial charge >= 0.3 is 0 Å². The first kappa shape index (κ1) is 13.8. The molecule has 22 heavy (non-hydrogen) atoms. The molecule has 1 saturated heterocycles. The van der Waals surface area contributed by atoms with Crippen LogP contribution in [0.4, 0.5) is 0 Å². The predicted molar refractivity (Wildman–Crippen MR) is 83.0 cm³/mol. The fourth-order valence-electron chi connectivity index (χ4n) is 2.95. The highest BCUT2D eigenvalue weighted by Gasteiger charge is 2.31. The molecule has 4 rings (SSSR count). The molecule has 1 aliphatic heterocycles. The number of nitrogens with zero attached hydrogens (tertiary/aromatic N) is 4. The van der Waals surface area contributed by atoms with Gasteiger partial charge in [-0.2, -0.15) is 0 Å². The van der Waals surface area contributed by atoms with E-state index in [-0.39, 0.29) is 11.9 Å². The van der Waals surface area contributed by atoms with Crippen LogP contribution in [0.25, 0.3) is 0 Å². The lowest BCUT2D eigenvalue weighted by atomic mass is 10.2. The molecule has 1 atom stereocenters. The van der Waals surface area contributed by atoms with Crippen LogP contribution in [0.15, 0.2) is 30.5 Å². The fraction of sp³-hybridized carbons (Fsp3) is 0.438. The van der Waals surface area contributed by atoms with Gasteiger partial charge in [-0.1, -0.05) is 16.8 Å². The minimum atomic E-state index is 0.0571. The first-order valence-electron chi connectivity index (χ1n) is 7.67. The molecule has 1 amide bonds. The van der Waals surface area contributed by atoms with Crippen molar-refractivity contribution in [2.45, 2.75) is 31.2 Å². The summed E-state index contributed by atoms with van der Waals surface area (Å²) in [7, 11) is 0. The maximum absolute atomic E-state index is 12.5. The molecular weight excluding hydrogens is 300 g/mol. The molecule has 2 heterocycles. The molecule has 114 valence electrons. The number of hydrogen-bond acceptors (Lipinski definition) is 3. The van der Waals surface area contributed by atoms with Crippen molar-refractivity contribution in [3.8, 4) is 0 Å². The number of likely N-dealkylation sites (tertiary alicyclic amines) is 1. The Kier molecular flexibility index (Phi) is 3.37. The summed E-state index contributed by atoms with van der Waals surface area (Å²) in [6, 6.07) is 7.29. The number of carbonyl (C=O) groups is 1. The molecule has 6 heteroatoms. The van der Waals surface area contributed by atoms with Crippen molar-refractivity contribution in [1.29, 1.82) is 0 Å². The first-order chi connectivity index (χ1) is 10.7. The molecule has 2 aliphatic rings. The molecule has 0 spiro atoms. The Balaban J connectivity index is 1.44. The van der Waals surface area contributed by atoms with Crippen LogP contribution in [-0.2, 0) is 0 Å².